The molecule has 0 amide bonds. The fraction of sp³-hybridized carbons (Fsp3) is 0.375. The standard InChI is InChI=1S/C16H21NOS/c1-2-3-11-19(18)12-16(17)15-10-6-8-13-7-4-5-9-14(13)15/h4-10,16H,2-3,11-12,17H2,1H3. The van der Waals surface area contributed by atoms with Crippen LogP contribution in [0.4, 0.5) is 0 Å². The lowest BCUT2D eigenvalue weighted by Crippen LogP contribution is -2.20. The molecule has 0 aliphatic heterocycles. The van der Waals surface area contributed by atoms with Crippen LogP contribution in [0, 0.1) is 0 Å². The molecule has 0 spiro atoms. The fourth-order valence-corrected chi connectivity index (χ4v) is 3.61. The van der Waals surface area contributed by atoms with Crippen molar-refractivity contribution in [3.63, 3.8) is 0 Å². The lowest BCUT2D eigenvalue weighted by molar-refractivity contribution is 0.672. The second-order valence-electron chi connectivity index (χ2n) is 4.84. The van der Waals surface area contributed by atoms with Crippen LogP contribution in [0.3, 0.4) is 0 Å². The lowest BCUT2D eigenvalue weighted by atomic mass is 10.0. The number of unbranched alkanes of at least 4 members (excludes halogenated alkanes) is 1. The van der Waals surface area contributed by atoms with Gasteiger partial charge in [0.15, 0.2) is 0 Å². The molecule has 0 bridgehead atoms. The maximum Gasteiger partial charge on any atom is 0.0428 e. The summed E-state index contributed by atoms with van der Waals surface area (Å²) in [5.74, 6) is 1.31. The monoisotopic (exact) mass is 275 g/mol. The maximum atomic E-state index is 12.0. The third-order valence-electron chi connectivity index (χ3n) is 3.31. The van der Waals surface area contributed by atoms with Crippen LogP contribution in [0.15, 0.2) is 42.5 Å². The Morgan fingerprint density at radius 1 is 1.16 bits per heavy atom. The Kier molecular flexibility index (Phi) is 5.11. The smallest absolute Gasteiger partial charge is 0.0428 e. The molecule has 2 N–H and O–H groups in total. The minimum absolute atomic E-state index is 0.149. The molecular weight excluding hydrogens is 254 g/mol. The molecule has 2 aromatic rings. The Labute approximate surface area is 117 Å². The van der Waals surface area contributed by atoms with Gasteiger partial charge in [-0.1, -0.05) is 55.8 Å². The van der Waals surface area contributed by atoms with E-state index in [2.05, 4.69) is 25.1 Å². The third-order valence-corrected chi connectivity index (χ3v) is 4.79. The van der Waals surface area contributed by atoms with Crippen LogP contribution >= 0.6 is 0 Å². The summed E-state index contributed by atoms with van der Waals surface area (Å²) in [5.41, 5.74) is 7.34. The van der Waals surface area contributed by atoms with Gasteiger partial charge >= 0.3 is 0 Å². The van der Waals surface area contributed by atoms with E-state index >= 15 is 0 Å². The SMILES string of the molecule is CCCCS(=O)CC(N)c1cccc2ccccc12. The topological polar surface area (TPSA) is 43.1 Å². The highest BCUT2D eigenvalue weighted by Gasteiger charge is 2.12. The molecule has 0 heterocycles. The van der Waals surface area contributed by atoms with Crippen LogP contribution in [0.5, 0.6) is 0 Å². The van der Waals surface area contributed by atoms with Gasteiger partial charge in [0.05, 0.1) is 0 Å². The first-order valence-corrected chi connectivity index (χ1v) is 8.29. The van der Waals surface area contributed by atoms with Gasteiger partial charge in [-0.25, -0.2) is 0 Å². The Balaban J connectivity index is 2.17. The first kappa shape index (κ1) is 14.2. The first-order chi connectivity index (χ1) is 9.22. The second kappa shape index (κ2) is 6.83. The zero-order chi connectivity index (χ0) is 13.7. The molecule has 0 radical (unpaired) electrons. The number of benzene rings is 2. The quantitative estimate of drug-likeness (QED) is 0.878. The molecule has 2 rings (SSSR count). The number of nitrogens with two attached hydrogens (primary N) is 1. The van der Waals surface area contributed by atoms with Crippen molar-refractivity contribution in [2.75, 3.05) is 11.5 Å². The van der Waals surface area contributed by atoms with Crippen LogP contribution in [-0.2, 0) is 10.8 Å². The minimum Gasteiger partial charge on any atom is -0.323 e. The molecule has 19 heavy (non-hydrogen) atoms. The van der Waals surface area contributed by atoms with Gasteiger partial charge in [0.2, 0.25) is 0 Å². The molecule has 3 heteroatoms. The van der Waals surface area contributed by atoms with E-state index in [1.54, 1.807) is 0 Å². The Hall–Kier alpha value is -1.19. The molecule has 0 aliphatic carbocycles. The molecule has 0 saturated carbocycles. The Morgan fingerprint density at radius 3 is 2.68 bits per heavy atom. The summed E-state index contributed by atoms with van der Waals surface area (Å²) in [4.78, 5) is 0. The van der Waals surface area contributed by atoms with Gasteiger partial charge in [-0.05, 0) is 22.8 Å². The van der Waals surface area contributed by atoms with E-state index in [1.165, 1.54) is 10.8 Å². The lowest BCUT2D eigenvalue weighted by Gasteiger charge is -2.14. The highest BCUT2D eigenvalue weighted by atomic mass is 32.2. The summed E-state index contributed by atoms with van der Waals surface area (Å²) >= 11 is 0. The van der Waals surface area contributed by atoms with Crippen molar-refractivity contribution in [3.05, 3.63) is 48.0 Å². The summed E-state index contributed by atoms with van der Waals surface area (Å²) in [6.45, 7) is 2.11. The van der Waals surface area contributed by atoms with Crippen LogP contribution < -0.4 is 5.73 Å². The first-order valence-electron chi connectivity index (χ1n) is 6.80. The molecule has 2 atom stereocenters. The molecule has 102 valence electrons. The third kappa shape index (κ3) is 3.64. The molecule has 0 aromatic heterocycles. The number of fused-ring (bicyclic) bond motifs is 1. The van der Waals surface area contributed by atoms with Crippen molar-refractivity contribution in [1.82, 2.24) is 0 Å². The predicted octanol–water partition coefficient (Wildman–Crippen LogP) is 3.39. The molecule has 2 unspecified atom stereocenters. The zero-order valence-corrected chi connectivity index (χ0v) is 12.2. The highest BCUT2D eigenvalue weighted by molar-refractivity contribution is 7.85. The number of hydrogen-bond acceptors (Lipinski definition) is 2. The molecule has 2 aromatic carbocycles. The zero-order valence-electron chi connectivity index (χ0n) is 11.3. The van der Waals surface area contributed by atoms with Gasteiger partial charge in [-0.15, -0.1) is 0 Å². The Bertz CT molecular complexity index is 562. The van der Waals surface area contributed by atoms with Crippen molar-refractivity contribution in [1.29, 1.82) is 0 Å². The van der Waals surface area contributed by atoms with Gasteiger partial charge in [-0.2, -0.15) is 0 Å². The summed E-state index contributed by atoms with van der Waals surface area (Å²) in [6.07, 6.45) is 2.09. The highest BCUT2D eigenvalue weighted by Crippen LogP contribution is 2.23. The van der Waals surface area contributed by atoms with Gasteiger partial charge < -0.3 is 5.73 Å². The normalized spacial score (nSPS) is 14.4. The Morgan fingerprint density at radius 2 is 1.89 bits per heavy atom. The molecule has 0 fully saturated rings. The maximum absolute atomic E-state index is 12.0. The molecule has 0 aliphatic rings. The molecule has 2 nitrogen and oxygen atoms in total. The molecule has 0 saturated heterocycles. The summed E-state index contributed by atoms with van der Waals surface area (Å²) in [5, 5.41) is 2.36. The largest absolute Gasteiger partial charge is 0.323 e. The van der Waals surface area contributed by atoms with Crippen molar-refractivity contribution >= 4 is 21.6 Å². The molecular formula is C16H21NOS. The second-order valence-corrected chi connectivity index (χ2v) is 6.46. The summed E-state index contributed by atoms with van der Waals surface area (Å²) in [6, 6.07) is 14.2. The van der Waals surface area contributed by atoms with E-state index in [0.29, 0.717) is 5.75 Å². The number of rotatable bonds is 6. The van der Waals surface area contributed by atoms with E-state index < -0.39 is 10.8 Å². The average Bonchev–Trinajstić information content (AvgIpc) is 2.44. The van der Waals surface area contributed by atoms with E-state index in [9.17, 15) is 4.21 Å². The van der Waals surface area contributed by atoms with Crippen molar-refractivity contribution < 1.29 is 4.21 Å². The van der Waals surface area contributed by atoms with Crippen LogP contribution in [0.1, 0.15) is 31.4 Å². The van der Waals surface area contributed by atoms with Gasteiger partial charge in [0.1, 0.15) is 0 Å². The van der Waals surface area contributed by atoms with Crippen LogP contribution in [0.25, 0.3) is 10.8 Å². The van der Waals surface area contributed by atoms with Gasteiger partial charge in [0.25, 0.3) is 0 Å². The van der Waals surface area contributed by atoms with E-state index in [1.807, 2.05) is 24.3 Å². The van der Waals surface area contributed by atoms with Crippen molar-refractivity contribution in [3.8, 4) is 0 Å². The van der Waals surface area contributed by atoms with E-state index in [4.69, 9.17) is 5.73 Å². The summed E-state index contributed by atoms with van der Waals surface area (Å²) < 4.78 is 12.0. The predicted molar refractivity (Wildman–Crippen MR) is 83.7 cm³/mol. The minimum atomic E-state index is -0.818. The van der Waals surface area contributed by atoms with Crippen molar-refractivity contribution in [2.24, 2.45) is 5.73 Å². The summed E-state index contributed by atoms with van der Waals surface area (Å²) in [7, 11) is -0.818. The van der Waals surface area contributed by atoms with Crippen LogP contribution in [-0.4, -0.2) is 15.7 Å². The van der Waals surface area contributed by atoms with Crippen molar-refractivity contribution in [2.45, 2.75) is 25.8 Å². The fourth-order valence-electron chi connectivity index (χ4n) is 2.25. The average molecular weight is 275 g/mol. The van der Waals surface area contributed by atoms with Crippen LogP contribution in [0.2, 0.25) is 0 Å². The van der Waals surface area contributed by atoms with Gasteiger partial charge in [0, 0.05) is 28.3 Å². The van der Waals surface area contributed by atoms with E-state index in [-0.39, 0.29) is 6.04 Å². The van der Waals surface area contributed by atoms with Gasteiger partial charge in [-0.3, -0.25) is 4.21 Å². The number of hydrogen-bond donors (Lipinski definition) is 1. The van der Waals surface area contributed by atoms with E-state index in [0.717, 1.165) is 24.2 Å².